The first-order valence-electron chi connectivity index (χ1n) is 32.9. The van der Waals surface area contributed by atoms with E-state index in [-0.39, 0.29) is 102 Å². The smallest absolute Gasteiger partial charge is 0.324 e. The third-order valence-electron chi connectivity index (χ3n) is 16.5. The Morgan fingerprint density at radius 3 is 2.07 bits per heavy atom. The van der Waals surface area contributed by atoms with Crippen LogP contribution in [0.25, 0.3) is 10.9 Å². The van der Waals surface area contributed by atoms with Crippen LogP contribution in [0.4, 0.5) is 0 Å². The molecule has 1 aromatic heterocycles. The van der Waals surface area contributed by atoms with Crippen LogP contribution < -0.4 is 76.3 Å². The lowest BCUT2D eigenvalue weighted by atomic mass is 10.0. The minimum absolute atomic E-state index is 0.00105. The molecule has 3 heterocycles. The maximum atomic E-state index is 15.1. The van der Waals surface area contributed by atoms with Gasteiger partial charge in [0.15, 0.2) is 5.96 Å². The quantitative estimate of drug-likeness (QED) is 0.0168. The highest BCUT2D eigenvalue weighted by Crippen LogP contribution is 2.23. The molecule has 2 aliphatic heterocycles. The molecule has 6 rings (SSSR count). The van der Waals surface area contributed by atoms with Crippen LogP contribution >= 0.6 is 0 Å². The Kier molecular flexibility index (Phi) is 30.4. The fourth-order valence-corrected chi connectivity index (χ4v) is 11.3. The van der Waals surface area contributed by atoms with Crippen LogP contribution in [0.2, 0.25) is 0 Å². The molecule has 536 valence electrons. The zero-order valence-corrected chi connectivity index (χ0v) is 55.3. The van der Waals surface area contributed by atoms with Gasteiger partial charge in [0.05, 0.1) is 12.6 Å². The average molecular weight is 1380 g/mol. The first kappa shape index (κ1) is 77.3. The standard InChI is InChI=1S/C66H91N17O16/c1-3-4-16-46(76-55(88)35-73-58(91)50(31-39-20-22-41(85)23-21-39)80-61(94)48(75-37(2)84)24-26-54(67)87)59(92)79-49-25-27-56(89)99-74-29-11-10-18-45(57(68)90)77-63(96)52(32-40-34-72-44-17-9-8-15-43(40)44)81-60(93)47(19-12-28-71-66(69)70)78-62(95)51(30-38-13-6-5-7-14-38)82-64(97)53-33-42(86)36-83(53)65(49)98/h5-9,13-15,17,20-23,34,42,45-53,72,74,85-86H,3-4,10-12,16,18-19,24-33,35-36H2,1-2H3,(H2,67,87)(H2,68,90)(H,73,91)(H,75,84)(H,76,88)(H,77,96)(H,78,95)(H,79,92)(H,80,94)(H,81,93)(H,82,97)(H4,69,70,71)/t42?,45-,46-,47-,48-,49-,50-,51+,52-,53-/m0/s1. The average Bonchev–Trinajstić information content (AvgIpc) is 1.67. The molecule has 0 aliphatic carbocycles. The molecule has 3 aromatic carbocycles. The molecule has 0 radical (unpaired) electrons. The number of phenols is 1. The molecule has 2 fully saturated rings. The van der Waals surface area contributed by atoms with E-state index in [4.69, 9.17) is 27.8 Å². The number of guanidine groups is 1. The summed E-state index contributed by atoms with van der Waals surface area (Å²) >= 11 is 0. The topological polar surface area (TPSA) is 527 Å². The molecule has 99 heavy (non-hydrogen) atoms. The van der Waals surface area contributed by atoms with Crippen molar-refractivity contribution in [3.63, 3.8) is 0 Å². The van der Waals surface area contributed by atoms with E-state index in [1.54, 1.807) is 49.5 Å². The largest absolute Gasteiger partial charge is 0.508 e. The Morgan fingerprint density at radius 1 is 0.707 bits per heavy atom. The van der Waals surface area contributed by atoms with Gasteiger partial charge >= 0.3 is 5.97 Å². The summed E-state index contributed by atoms with van der Waals surface area (Å²) in [6, 6.07) is 8.44. The number of H-pyrrole nitrogens is 1. The van der Waals surface area contributed by atoms with Gasteiger partial charge in [0, 0.05) is 82.2 Å². The van der Waals surface area contributed by atoms with Crippen molar-refractivity contribution in [2.45, 2.75) is 177 Å². The third kappa shape index (κ3) is 25.3. The fraction of sp³-hybridized carbons (Fsp3) is 0.485. The number of aliphatic imine (C=N–C) groups is 1. The summed E-state index contributed by atoms with van der Waals surface area (Å²) in [5.74, 6) is -11.6. The molecule has 10 atom stereocenters. The van der Waals surface area contributed by atoms with Gasteiger partial charge in [0.2, 0.25) is 70.9 Å². The highest BCUT2D eigenvalue weighted by Gasteiger charge is 2.44. The molecular formula is C66H91N17O16. The molecule has 12 amide bonds. The van der Waals surface area contributed by atoms with E-state index in [9.17, 15) is 67.7 Å². The number of carbonyl (C=O) groups is 13. The molecule has 33 nitrogen and oxygen atoms in total. The van der Waals surface area contributed by atoms with Gasteiger partial charge in [-0.25, -0.2) is 0 Å². The lowest BCUT2D eigenvalue weighted by Crippen LogP contribution is -2.60. The number of aromatic amines is 1. The van der Waals surface area contributed by atoms with Gasteiger partial charge in [0.1, 0.15) is 60.1 Å². The van der Waals surface area contributed by atoms with Gasteiger partial charge in [-0.1, -0.05) is 80.4 Å². The number of hydrogen-bond acceptors (Lipinski definition) is 18. The van der Waals surface area contributed by atoms with E-state index in [1.165, 1.54) is 24.3 Å². The number of amides is 12. The molecule has 0 spiro atoms. The Bertz CT molecular complexity index is 3510. The number of aliphatic hydroxyl groups excluding tert-OH is 1. The van der Waals surface area contributed by atoms with Crippen molar-refractivity contribution in [3.8, 4) is 5.75 Å². The molecule has 0 saturated carbocycles. The number of aromatic hydroxyl groups is 1. The second kappa shape index (κ2) is 38.9. The van der Waals surface area contributed by atoms with Crippen LogP contribution in [0.15, 0.2) is 90.1 Å². The maximum absolute atomic E-state index is 15.1. The number of primary amides is 2. The first-order chi connectivity index (χ1) is 47.3. The number of unbranched alkanes of at least 4 members (excludes halogenated alkanes) is 1. The van der Waals surface area contributed by atoms with E-state index in [0.717, 1.165) is 22.7 Å². The number of nitrogens with zero attached hydrogens (tertiary/aromatic N) is 2. The second-order valence-corrected chi connectivity index (χ2v) is 24.4. The highest BCUT2D eigenvalue weighted by atomic mass is 16.7. The number of carbonyl (C=O) groups excluding carboxylic acids is 13. The van der Waals surface area contributed by atoms with Crippen molar-refractivity contribution in [2.75, 3.05) is 26.2 Å². The summed E-state index contributed by atoms with van der Waals surface area (Å²) in [6.45, 7) is 1.72. The van der Waals surface area contributed by atoms with E-state index < -0.39 is 163 Å². The molecule has 2 saturated heterocycles. The summed E-state index contributed by atoms with van der Waals surface area (Å²) in [5.41, 5.74) is 27.2. The molecule has 33 heteroatoms. The molecule has 2 aliphatic rings. The Hall–Kier alpha value is -10.7. The SMILES string of the molecule is CCCC[C@H](NC(=O)CNC(=O)[C@H](Cc1ccc(O)cc1)NC(=O)[C@H](CCC(N)=O)NC(C)=O)C(=O)N[C@H]1CCC(=O)ONCCCC[C@@H](C(N)=O)NC(=O)[C@H](Cc2c[nH]c3ccccc23)NC(=O)[C@H](CCCN=C(N)N)NC(=O)[C@@H](Cc2ccccc2)NC(=O)[C@@H]2CC(O)CN2C1=O. The van der Waals surface area contributed by atoms with Crippen LogP contribution in [0.1, 0.15) is 114 Å². The summed E-state index contributed by atoms with van der Waals surface area (Å²) in [5, 5.41) is 45.4. The number of hydrogen-bond donors (Lipinski definition) is 17. The van der Waals surface area contributed by atoms with Crippen LogP contribution in [0, 0.1) is 0 Å². The van der Waals surface area contributed by atoms with Crippen molar-refractivity contribution in [1.82, 2.24) is 63.2 Å². The zero-order chi connectivity index (χ0) is 72.1. The number of fused-ring (bicyclic) bond motifs is 2. The van der Waals surface area contributed by atoms with E-state index in [1.807, 2.05) is 18.2 Å². The van der Waals surface area contributed by atoms with E-state index in [0.29, 0.717) is 29.5 Å². The minimum Gasteiger partial charge on any atom is -0.508 e. The van der Waals surface area contributed by atoms with Crippen molar-refractivity contribution >= 4 is 93.7 Å². The lowest BCUT2D eigenvalue weighted by Gasteiger charge is -2.31. The summed E-state index contributed by atoms with van der Waals surface area (Å²) in [4.78, 5) is 193. The highest BCUT2D eigenvalue weighted by molar-refractivity contribution is 5.99. The van der Waals surface area contributed by atoms with Crippen molar-refractivity contribution in [1.29, 1.82) is 0 Å². The van der Waals surface area contributed by atoms with Crippen LogP contribution in [0.5, 0.6) is 5.75 Å². The second-order valence-electron chi connectivity index (χ2n) is 24.4. The summed E-state index contributed by atoms with van der Waals surface area (Å²) in [6.07, 6.45) is -0.803. The minimum atomic E-state index is -1.67. The summed E-state index contributed by atoms with van der Waals surface area (Å²) in [7, 11) is 0. The third-order valence-corrected chi connectivity index (χ3v) is 16.5. The van der Waals surface area contributed by atoms with Crippen molar-refractivity contribution in [2.24, 2.45) is 27.9 Å². The maximum Gasteiger partial charge on any atom is 0.324 e. The normalized spacial score (nSPS) is 21.0. The predicted octanol–water partition coefficient (Wildman–Crippen LogP) is -3.12. The van der Waals surface area contributed by atoms with Crippen LogP contribution in [-0.2, 0) is 86.4 Å². The molecule has 4 aromatic rings. The Balaban J connectivity index is 1.28. The van der Waals surface area contributed by atoms with Gasteiger partial charge in [-0.05, 0) is 86.3 Å². The van der Waals surface area contributed by atoms with Gasteiger partial charge in [0.25, 0.3) is 0 Å². The number of nitrogens with two attached hydrogens (primary N) is 4. The Morgan fingerprint density at radius 2 is 1.37 bits per heavy atom. The number of aromatic nitrogens is 1. The van der Waals surface area contributed by atoms with Crippen molar-refractivity contribution < 1.29 is 77.4 Å². The number of phenolic OH excluding ortho intramolecular Hbond substituents is 1. The summed E-state index contributed by atoms with van der Waals surface area (Å²) < 4.78 is 0. The van der Waals surface area contributed by atoms with Crippen molar-refractivity contribution in [3.05, 3.63) is 102 Å². The number of rotatable bonds is 26. The van der Waals surface area contributed by atoms with Crippen LogP contribution in [0.3, 0.4) is 0 Å². The molecule has 0 bridgehead atoms. The molecular weight excluding hydrogens is 1290 g/mol. The van der Waals surface area contributed by atoms with E-state index in [2.05, 4.69) is 63.3 Å². The number of para-hydroxylation sites is 1. The van der Waals surface area contributed by atoms with Gasteiger partial charge in [-0.3, -0.25) is 67.3 Å². The first-order valence-corrected chi connectivity index (χ1v) is 32.9. The van der Waals surface area contributed by atoms with E-state index >= 15 is 4.79 Å². The molecule has 1 unspecified atom stereocenters. The predicted molar refractivity (Wildman–Crippen MR) is 358 cm³/mol. The number of hydroxylamine groups is 1. The fourth-order valence-electron chi connectivity index (χ4n) is 11.3. The lowest BCUT2D eigenvalue weighted by molar-refractivity contribution is -0.152. The van der Waals surface area contributed by atoms with Crippen LogP contribution in [-0.4, -0.2) is 190 Å². The number of nitrogens with one attached hydrogen (secondary N) is 11. The van der Waals surface area contributed by atoms with Gasteiger partial charge < -0.3 is 95.7 Å². The number of benzene rings is 3. The monoisotopic (exact) mass is 1380 g/mol. The number of aliphatic hydroxyl groups is 1. The zero-order valence-electron chi connectivity index (χ0n) is 55.3. The van der Waals surface area contributed by atoms with Gasteiger partial charge in [-0.15, -0.1) is 0 Å². The Labute approximate surface area is 570 Å². The van der Waals surface area contributed by atoms with Gasteiger partial charge in [-0.2, -0.15) is 5.48 Å². The molecule has 21 N–H and O–H groups in total.